The van der Waals surface area contributed by atoms with E-state index in [2.05, 4.69) is 79.7 Å². The Morgan fingerprint density at radius 2 is 1.24 bits per heavy atom. The molecule has 0 aliphatic carbocycles. The van der Waals surface area contributed by atoms with Gasteiger partial charge in [-0.2, -0.15) is 0 Å². The van der Waals surface area contributed by atoms with Gasteiger partial charge in [-0.1, -0.05) is 97.9 Å². The van der Waals surface area contributed by atoms with Crippen molar-refractivity contribution in [1.82, 2.24) is 0 Å². The number of rotatable bonds is 7. The van der Waals surface area contributed by atoms with Gasteiger partial charge in [0.05, 0.1) is 19.3 Å². The molecule has 0 saturated carbocycles. The molecule has 3 heteroatoms. The van der Waals surface area contributed by atoms with Crippen molar-refractivity contribution < 1.29 is 14.2 Å². The Morgan fingerprint density at radius 3 is 1.66 bits per heavy atom. The number of ether oxygens (including phenoxy) is 3. The van der Waals surface area contributed by atoms with Crippen LogP contribution in [0.1, 0.15) is 23.6 Å². The lowest BCUT2D eigenvalue weighted by Gasteiger charge is -2.37. The third kappa shape index (κ3) is 3.86. The predicted octanol–water partition coefficient (Wildman–Crippen LogP) is 5.05. The number of methoxy groups -OCH3 is 1. The molecule has 150 valence electrons. The molecule has 29 heavy (non-hydrogen) atoms. The van der Waals surface area contributed by atoms with Crippen LogP contribution in [0.2, 0.25) is 0 Å². The molecule has 0 radical (unpaired) electrons. The minimum Gasteiger partial charge on any atom is -0.378 e. The van der Waals surface area contributed by atoms with Gasteiger partial charge in [-0.05, 0) is 16.7 Å². The van der Waals surface area contributed by atoms with Gasteiger partial charge >= 0.3 is 0 Å². The first-order valence-electron chi connectivity index (χ1n) is 10.2. The Hall–Kier alpha value is -2.46. The van der Waals surface area contributed by atoms with Crippen LogP contribution in [-0.2, 0) is 19.8 Å². The Labute approximate surface area is 173 Å². The van der Waals surface area contributed by atoms with Gasteiger partial charge in [-0.3, -0.25) is 0 Å². The SMILES string of the molecule is CO[C@H]1[C@H](C)CO[C@@H]1COC(c1ccccc1)(c1ccccc1)c1ccccc1. The van der Waals surface area contributed by atoms with Crippen LogP contribution in [0, 0.1) is 5.92 Å². The van der Waals surface area contributed by atoms with Crippen molar-refractivity contribution >= 4 is 0 Å². The summed E-state index contributed by atoms with van der Waals surface area (Å²) >= 11 is 0. The maximum atomic E-state index is 6.85. The topological polar surface area (TPSA) is 27.7 Å². The van der Waals surface area contributed by atoms with Crippen LogP contribution in [0.5, 0.6) is 0 Å². The smallest absolute Gasteiger partial charge is 0.143 e. The molecule has 1 heterocycles. The van der Waals surface area contributed by atoms with E-state index in [9.17, 15) is 0 Å². The molecule has 0 bridgehead atoms. The summed E-state index contributed by atoms with van der Waals surface area (Å²) < 4.78 is 18.6. The molecule has 1 aliphatic rings. The minimum atomic E-state index is -0.725. The van der Waals surface area contributed by atoms with Crippen molar-refractivity contribution in [1.29, 1.82) is 0 Å². The summed E-state index contributed by atoms with van der Waals surface area (Å²) in [6, 6.07) is 31.3. The van der Waals surface area contributed by atoms with Gasteiger partial charge in [0.2, 0.25) is 0 Å². The monoisotopic (exact) mass is 388 g/mol. The predicted molar refractivity (Wildman–Crippen MR) is 115 cm³/mol. The lowest BCUT2D eigenvalue weighted by atomic mass is 9.80. The van der Waals surface area contributed by atoms with Gasteiger partial charge in [0.25, 0.3) is 0 Å². The molecule has 1 saturated heterocycles. The van der Waals surface area contributed by atoms with Gasteiger partial charge in [-0.25, -0.2) is 0 Å². The molecule has 1 aliphatic heterocycles. The van der Waals surface area contributed by atoms with Crippen molar-refractivity contribution in [2.75, 3.05) is 20.3 Å². The normalized spacial score (nSPS) is 21.9. The first-order valence-corrected chi connectivity index (χ1v) is 10.2. The molecule has 0 amide bonds. The fourth-order valence-electron chi connectivity index (χ4n) is 4.33. The van der Waals surface area contributed by atoms with Crippen molar-refractivity contribution in [3.63, 3.8) is 0 Å². The van der Waals surface area contributed by atoms with Gasteiger partial charge in [0.1, 0.15) is 11.7 Å². The summed E-state index contributed by atoms with van der Waals surface area (Å²) in [5.74, 6) is 0.355. The quantitative estimate of drug-likeness (QED) is 0.531. The van der Waals surface area contributed by atoms with E-state index in [-0.39, 0.29) is 12.2 Å². The molecule has 0 aromatic heterocycles. The van der Waals surface area contributed by atoms with Gasteiger partial charge < -0.3 is 14.2 Å². The summed E-state index contributed by atoms with van der Waals surface area (Å²) in [7, 11) is 1.75. The number of benzene rings is 3. The second kappa shape index (κ2) is 8.91. The lowest BCUT2D eigenvalue weighted by molar-refractivity contribution is -0.0784. The molecule has 1 fully saturated rings. The molecule has 4 rings (SSSR count). The minimum absolute atomic E-state index is 0.0371. The fraction of sp³-hybridized carbons (Fsp3) is 0.308. The second-order valence-corrected chi connectivity index (χ2v) is 7.64. The maximum Gasteiger partial charge on any atom is 0.143 e. The van der Waals surface area contributed by atoms with E-state index in [4.69, 9.17) is 14.2 Å². The van der Waals surface area contributed by atoms with Crippen LogP contribution in [0.4, 0.5) is 0 Å². The van der Waals surface area contributed by atoms with E-state index in [0.717, 1.165) is 16.7 Å². The average Bonchev–Trinajstić information content (AvgIpc) is 3.16. The molecule has 3 aromatic rings. The highest BCUT2D eigenvalue weighted by molar-refractivity contribution is 5.47. The highest BCUT2D eigenvalue weighted by atomic mass is 16.6. The Morgan fingerprint density at radius 1 is 0.793 bits per heavy atom. The molecule has 3 aromatic carbocycles. The Bertz CT molecular complexity index is 783. The summed E-state index contributed by atoms with van der Waals surface area (Å²) in [4.78, 5) is 0. The highest BCUT2D eigenvalue weighted by Gasteiger charge is 2.41. The maximum absolute atomic E-state index is 6.85. The molecule has 0 unspecified atom stereocenters. The standard InChI is InChI=1S/C26H28O3/c1-20-18-28-24(25(20)27-2)19-29-26(21-12-6-3-7-13-21,22-14-8-4-9-15-22)23-16-10-5-11-17-23/h3-17,20,24-25H,18-19H2,1-2H3/t20-,24-,25+/m1/s1. The zero-order valence-electron chi connectivity index (χ0n) is 17.0. The molecular formula is C26H28O3. The van der Waals surface area contributed by atoms with Crippen LogP contribution >= 0.6 is 0 Å². The van der Waals surface area contributed by atoms with Gasteiger partial charge in [-0.15, -0.1) is 0 Å². The average molecular weight is 389 g/mol. The van der Waals surface area contributed by atoms with E-state index in [1.807, 2.05) is 18.2 Å². The zero-order valence-corrected chi connectivity index (χ0v) is 17.0. The van der Waals surface area contributed by atoms with Crippen molar-refractivity contribution in [3.05, 3.63) is 108 Å². The van der Waals surface area contributed by atoms with E-state index in [1.165, 1.54) is 0 Å². The van der Waals surface area contributed by atoms with Gasteiger partial charge in [0.15, 0.2) is 0 Å². The summed E-state index contributed by atoms with van der Waals surface area (Å²) in [6.45, 7) is 3.30. The third-order valence-corrected chi connectivity index (χ3v) is 5.78. The van der Waals surface area contributed by atoms with Crippen molar-refractivity contribution in [2.45, 2.75) is 24.7 Å². The largest absolute Gasteiger partial charge is 0.378 e. The summed E-state index contributed by atoms with van der Waals surface area (Å²) in [6.07, 6.45) is -0.0551. The molecule has 0 N–H and O–H groups in total. The summed E-state index contributed by atoms with van der Waals surface area (Å²) in [5.41, 5.74) is 2.56. The highest BCUT2D eigenvalue weighted by Crippen LogP contribution is 2.41. The van der Waals surface area contributed by atoms with Crippen molar-refractivity contribution in [3.8, 4) is 0 Å². The number of hydrogen-bond acceptors (Lipinski definition) is 3. The summed E-state index contributed by atoms with van der Waals surface area (Å²) in [5, 5.41) is 0. The van der Waals surface area contributed by atoms with E-state index < -0.39 is 5.60 Å². The molecular weight excluding hydrogens is 360 g/mol. The Balaban J connectivity index is 1.80. The van der Waals surface area contributed by atoms with Crippen molar-refractivity contribution in [2.24, 2.45) is 5.92 Å². The lowest BCUT2D eigenvalue weighted by Crippen LogP contribution is -2.39. The van der Waals surface area contributed by atoms with Crippen LogP contribution in [0.3, 0.4) is 0 Å². The van der Waals surface area contributed by atoms with Crippen LogP contribution in [-0.4, -0.2) is 32.5 Å². The fourth-order valence-corrected chi connectivity index (χ4v) is 4.33. The molecule has 3 atom stereocenters. The number of hydrogen-bond donors (Lipinski definition) is 0. The molecule has 3 nitrogen and oxygen atoms in total. The second-order valence-electron chi connectivity index (χ2n) is 7.64. The van der Waals surface area contributed by atoms with E-state index in [0.29, 0.717) is 19.1 Å². The van der Waals surface area contributed by atoms with E-state index in [1.54, 1.807) is 7.11 Å². The first kappa shape index (κ1) is 19.8. The zero-order chi connectivity index (χ0) is 20.1. The van der Waals surface area contributed by atoms with Crippen LogP contribution < -0.4 is 0 Å². The van der Waals surface area contributed by atoms with Crippen LogP contribution in [0.15, 0.2) is 91.0 Å². The van der Waals surface area contributed by atoms with Gasteiger partial charge in [0, 0.05) is 13.0 Å². The third-order valence-electron chi connectivity index (χ3n) is 5.78. The van der Waals surface area contributed by atoms with E-state index >= 15 is 0 Å². The first-order chi connectivity index (χ1) is 14.3. The molecule has 0 spiro atoms. The Kier molecular flexibility index (Phi) is 6.10. The van der Waals surface area contributed by atoms with Crippen LogP contribution in [0.25, 0.3) is 0 Å².